The Morgan fingerprint density at radius 3 is 2.29 bits per heavy atom. The average Bonchev–Trinajstić information content (AvgIpc) is 2.28. The van der Waals surface area contributed by atoms with Crippen LogP contribution >= 0.6 is 0 Å². The first kappa shape index (κ1) is 14.0. The topological polar surface area (TPSA) is 78.4 Å². The minimum absolute atomic E-state index is 0.0906. The van der Waals surface area contributed by atoms with Crippen LogP contribution in [0.25, 0.3) is 0 Å². The van der Waals surface area contributed by atoms with Crippen LogP contribution in [0.4, 0.5) is 5.69 Å². The fourth-order valence-electron chi connectivity index (χ4n) is 1.34. The van der Waals surface area contributed by atoms with Gasteiger partial charge in [0.1, 0.15) is 0 Å². The summed E-state index contributed by atoms with van der Waals surface area (Å²) in [5.41, 5.74) is 0.829. The maximum absolute atomic E-state index is 10.8. The molecule has 0 heterocycles. The highest BCUT2D eigenvalue weighted by molar-refractivity contribution is 7.85. The van der Waals surface area contributed by atoms with Crippen molar-refractivity contribution in [1.82, 2.24) is 5.32 Å². The predicted octanol–water partition coefficient (Wildman–Crippen LogP) is 1.34. The lowest BCUT2D eigenvalue weighted by atomic mass is 10.3. The van der Waals surface area contributed by atoms with Crippen molar-refractivity contribution >= 4 is 15.8 Å². The number of rotatable bonds is 7. The first-order chi connectivity index (χ1) is 8.04. The number of benzene rings is 1. The summed E-state index contributed by atoms with van der Waals surface area (Å²) < 4.78 is 30.4. The van der Waals surface area contributed by atoms with Gasteiger partial charge in [0, 0.05) is 18.8 Å². The molecule has 0 amide bonds. The van der Waals surface area contributed by atoms with E-state index < -0.39 is 10.1 Å². The van der Waals surface area contributed by atoms with Gasteiger partial charge in [0.05, 0.1) is 4.90 Å². The predicted molar refractivity (Wildman–Crippen MR) is 67.9 cm³/mol. The molecule has 0 saturated heterocycles. The lowest BCUT2D eigenvalue weighted by Crippen LogP contribution is -2.22. The number of nitrogens with one attached hydrogen (secondary N) is 2. The fraction of sp³-hybridized carbons (Fsp3) is 0.455. The van der Waals surface area contributed by atoms with Crippen LogP contribution in [0, 0.1) is 0 Å². The summed E-state index contributed by atoms with van der Waals surface area (Å²) in [7, 11) is -4.09. The van der Waals surface area contributed by atoms with E-state index in [-0.39, 0.29) is 4.90 Å². The van der Waals surface area contributed by atoms with Gasteiger partial charge in [0.25, 0.3) is 10.1 Å². The molecule has 3 N–H and O–H groups in total. The third kappa shape index (κ3) is 5.16. The van der Waals surface area contributed by atoms with Crippen molar-refractivity contribution in [1.29, 1.82) is 0 Å². The van der Waals surface area contributed by atoms with E-state index in [4.69, 9.17) is 4.55 Å². The molecule has 96 valence electrons. The van der Waals surface area contributed by atoms with Gasteiger partial charge in [0.2, 0.25) is 0 Å². The highest BCUT2D eigenvalue weighted by Crippen LogP contribution is 2.13. The Hall–Kier alpha value is -1.11. The van der Waals surface area contributed by atoms with Crippen LogP contribution < -0.4 is 10.6 Å². The van der Waals surface area contributed by atoms with Gasteiger partial charge in [-0.05, 0) is 37.2 Å². The number of hydrogen-bond acceptors (Lipinski definition) is 4. The van der Waals surface area contributed by atoms with Gasteiger partial charge < -0.3 is 10.6 Å². The molecule has 1 aromatic rings. The molecule has 0 bridgehead atoms. The maximum Gasteiger partial charge on any atom is 0.294 e. The van der Waals surface area contributed by atoms with Crippen molar-refractivity contribution in [3.63, 3.8) is 0 Å². The molecule has 0 atom stereocenters. The summed E-state index contributed by atoms with van der Waals surface area (Å²) in [5, 5.41) is 6.39. The van der Waals surface area contributed by atoms with Gasteiger partial charge in [0.15, 0.2) is 0 Å². The number of hydrogen-bond donors (Lipinski definition) is 3. The summed E-state index contributed by atoms with van der Waals surface area (Å²) >= 11 is 0. The fourth-order valence-corrected chi connectivity index (χ4v) is 1.82. The van der Waals surface area contributed by atoms with Crippen LogP contribution in [-0.4, -0.2) is 32.6 Å². The zero-order chi connectivity index (χ0) is 12.7. The van der Waals surface area contributed by atoms with E-state index in [2.05, 4.69) is 17.6 Å². The molecule has 1 rings (SSSR count). The van der Waals surface area contributed by atoms with Crippen LogP contribution in [0.5, 0.6) is 0 Å². The molecule has 0 spiro atoms. The van der Waals surface area contributed by atoms with E-state index in [1.807, 2.05) is 0 Å². The molecule has 0 radical (unpaired) electrons. The smallest absolute Gasteiger partial charge is 0.294 e. The molecule has 5 nitrogen and oxygen atoms in total. The minimum atomic E-state index is -4.09. The van der Waals surface area contributed by atoms with Crippen molar-refractivity contribution in [2.24, 2.45) is 0 Å². The highest BCUT2D eigenvalue weighted by atomic mass is 32.2. The largest absolute Gasteiger partial charge is 0.384 e. The summed E-state index contributed by atoms with van der Waals surface area (Å²) in [6, 6.07) is 6.00. The van der Waals surface area contributed by atoms with Crippen LogP contribution in [0.1, 0.15) is 13.3 Å². The molecule has 0 fully saturated rings. The Morgan fingerprint density at radius 1 is 1.12 bits per heavy atom. The quantitative estimate of drug-likeness (QED) is 0.508. The Morgan fingerprint density at radius 2 is 1.76 bits per heavy atom. The molecule has 0 saturated carbocycles. The van der Waals surface area contributed by atoms with Crippen molar-refractivity contribution in [3.05, 3.63) is 24.3 Å². The van der Waals surface area contributed by atoms with Crippen molar-refractivity contribution in [2.75, 3.05) is 25.0 Å². The lowest BCUT2D eigenvalue weighted by Gasteiger charge is -2.07. The Bertz CT molecular complexity index is 429. The molecule has 17 heavy (non-hydrogen) atoms. The first-order valence-electron chi connectivity index (χ1n) is 5.56. The lowest BCUT2D eigenvalue weighted by molar-refractivity contribution is 0.483. The molecule has 1 aromatic carbocycles. The van der Waals surface area contributed by atoms with Crippen molar-refractivity contribution < 1.29 is 13.0 Å². The van der Waals surface area contributed by atoms with Crippen LogP contribution in [-0.2, 0) is 10.1 Å². The van der Waals surface area contributed by atoms with E-state index in [9.17, 15) is 8.42 Å². The van der Waals surface area contributed by atoms with E-state index in [0.717, 1.165) is 31.7 Å². The molecule has 0 unspecified atom stereocenters. The Kier molecular flexibility index (Phi) is 5.40. The van der Waals surface area contributed by atoms with E-state index in [1.165, 1.54) is 12.1 Å². The molecule has 0 aromatic heterocycles. The summed E-state index contributed by atoms with van der Waals surface area (Å²) in [4.78, 5) is -0.0906. The second-order valence-corrected chi connectivity index (χ2v) is 5.10. The summed E-state index contributed by atoms with van der Waals surface area (Å²) in [6.45, 7) is 4.72. The van der Waals surface area contributed by atoms with Crippen LogP contribution in [0.2, 0.25) is 0 Å². The molecular formula is C11H18N2O3S. The molecular weight excluding hydrogens is 240 g/mol. The summed E-state index contributed by atoms with van der Waals surface area (Å²) in [5.74, 6) is 0. The monoisotopic (exact) mass is 258 g/mol. The number of anilines is 1. The van der Waals surface area contributed by atoms with E-state index in [0.29, 0.717) is 0 Å². The zero-order valence-corrected chi connectivity index (χ0v) is 10.6. The van der Waals surface area contributed by atoms with Gasteiger partial charge in [-0.1, -0.05) is 6.92 Å². The van der Waals surface area contributed by atoms with Crippen LogP contribution in [0.15, 0.2) is 29.2 Å². The van der Waals surface area contributed by atoms with Gasteiger partial charge in [-0.25, -0.2) is 0 Å². The molecule has 0 aliphatic carbocycles. The van der Waals surface area contributed by atoms with Gasteiger partial charge in [-0.15, -0.1) is 0 Å². The molecule has 6 heteroatoms. The maximum atomic E-state index is 10.8. The van der Waals surface area contributed by atoms with Gasteiger partial charge in [-0.3, -0.25) is 4.55 Å². The molecule has 0 aliphatic rings. The SMILES string of the molecule is CCCNCCNc1ccc(S(=O)(=O)O)cc1. The zero-order valence-electron chi connectivity index (χ0n) is 9.81. The molecule has 0 aliphatic heterocycles. The second-order valence-electron chi connectivity index (χ2n) is 3.68. The standard InChI is InChI=1S/C11H18N2O3S/c1-2-7-12-8-9-13-10-3-5-11(6-4-10)17(14,15)16/h3-6,12-13H,2,7-9H2,1H3,(H,14,15,16). The highest BCUT2D eigenvalue weighted by Gasteiger charge is 2.07. The first-order valence-corrected chi connectivity index (χ1v) is 7.00. The Labute approximate surface area is 102 Å². The van der Waals surface area contributed by atoms with Crippen molar-refractivity contribution in [2.45, 2.75) is 18.2 Å². The minimum Gasteiger partial charge on any atom is -0.384 e. The van der Waals surface area contributed by atoms with Crippen molar-refractivity contribution in [3.8, 4) is 0 Å². The van der Waals surface area contributed by atoms with Gasteiger partial charge in [-0.2, -0.15) is 8.42 Å². The summed E-state index contributed by atoms with van der Waals surface area (Å²) in [6.07, 6.45) is 1.10. The van der Waals surface area contributed by atoms with E-state index >= 15 is 0 Å². The average molecular weight is 258 g/mol. The normalized spacial score (nSPS) is 11.4. The second kappa shape index (κ2) is 6.58. The van der Waals surface area contributed by atoms with E-state index in [1.54, 1.807) is 12.1 Å². The van der Waals surface area contributed by atoms with Crippen LogP contribution in [0.3, 0.4) is 0 Å². The Balaban J connectivity index is 2.41. The van der Waals surface area contributed by atoms with Gasteiger partial charge >= 0.3 is 0 Å². The third-order valence-corrected chi connectivity index (χ3v) is 3.08. The third-order valence-electron chi connectivity index (χ3n) is 2.21.